The van der Waals surface area contributed by atoms with Crippen molar-refractivity contribution in [2.24, 2.45) is 4.99 Å². The smallest absolute Gasteiger partial charge is 0.271 e. The van der Waals surface area contributed by atoms with Gasteiger partial charge in [0.2, 0.25) is 0 Å². The summed E-state index contributed by atoms with van der Waals surface area (Å²) in [6, 6.07) is 18.6. The second-order valence-electron chi connectivity index (χ2n) is 9.18. The van der Waals surface area contributed by atoms with E-state index in [-0.39, 0.29) is 11.5 Å². The van der Waals surface area contributed by atoms with Crippen LogP contribution in [-0.2, 0) is 4.79 Å². The fourth-order valence-corrected chi connectivity index (χ4v) is 6.49. The Labute approximate surface area is 240 Å². The summed E-state index contributed by atoms with van der Waals surface area (Å²) in [7, 11) is 0. The number of furan rings is 1. The van der Waals surface area contributed by atoms with Gasteiger partial charge in [0.1, 0.15) is 5.76 Å². The Balaban J connectivity index is 1.58. The molecule has 1 atom stereocenters. The molecule has 0 N–H and O–H groups in total. The van der Waals surface area contributed by atoms with E-state index < -0.39 is 6.04 Å². The molecule has 1 aliphatic heterocycles. The van der Waals surface area contributed by atoms with Crippen molar-refractivity contribution in [3.05, 3.63) is 114 Å². The molecule has 0 radical (unpaired) electrons. The number of amides is 1. The van der Waals surface area contributed by atoms with Gasteiger partial charge < -0.3 is 9.32 Å². The molecule has 2 aromatic carbocycles. The zero-order chi connectivity index (χ0) is 27.7. The minimum absolute atomic E-state index is 0.126. The molecule has 3 heterocycles. The minimum atomic E-state index is -0.613. The number of fused-ring (bicyclic) bond motifs is 1. The molecule has 6 nitrogen and oxygen atoms in total. The van der Waals surface area contributed by atoms with Gasteiger partial charge in [0, 0.05) is 29.1 Å². The molecule has 1 amide bonds. The Morgan fingerprint density at radius 1 is 1.08 bits per heavy atom. The van der Waals surface area contributed by atoms with E-state index in [1.54, 1.807) is 27.7 Å². The van der Waals surface area contributed by atoms with E-state index in [1.807, 2.05) is 45.0 Å². The van der Waals surface area contributed by atoms with Gasteiger partial charge in [-0.1, -0.05) is 64.5 Å². The van der Waals surface area contributed by atoms with Gasteiger partial charge >= 0.3 is 0 Å². The van der Waals surface area contributed by atoms with Crippen LogP contribution in [0, 0.1) is 6.92 Å². The maximum atomic E-state index is 13.8. The average Bonchev–Trinajstić information content (AvgIpc) is 3.49. The predicted molar refractivity (Wildman–Crippen MR) is 157 cm³/mol. The first-order chi connectivity index (χ1) is 18.8. The lowest BCUT2D eigenvalue weighted by Gasteiger charge is -2.29. The molecule has 0 fully saturated rings. The zero-order valence-corrected chi connectivity index (χ0v) is 24.5. The van der Waals surface area contributed by atoms with Crippen LogP contribution in [0.4, 0.5) is 0 Å². The lowest BCUT2D eigenvalue weighted by Crippen LogP contribution is -2.43. The van der Waals surface area contributed by atoms with Crippen LogP contribution >= 0.6 is 34.7 Å². The summed E-state index contributed by atoms with van der Waals surface area (Å²) in [6.07, 6.45) is 1.74. The molecule has 2 aromatic heterocycles. The number of likely N-dealkylation sites (N-methyl/N-ethyl adjacent to an activating group) is 1. The van der Waals surface area contributed by atoms with E-state index in [0.29, 0.717) is 44.5 Å². The first-order valence-electron chi connectivity index (χ1n) is 12.7. The summed E-state index contributed by atoms with van der Waals surface area (Å²) >= 11 is 8.98. The molecule has 1 aliphatic rings. The van der Waals surface area contributed by atoms with E-state index in [0.717, 1.165) is 15.6 Å². The normalized spacial score (nSPS) is 15.3. The lowest BCUT2D eigenvalue weighted by atomic mass is 9.94. The highest BCUT2D eigenvalue weighted by molar-refractivity contribution is 7.99. The second-order valence-corrected chi connectivity index (χ2v) is 11.7. The highest BCUT2D eigenvalue weighted by Gasteiger charge is 2.34. The molecular weight excluding hydrogens is 550 g/mol. The Kier molecular flexibility index (Phi) is 7.98. The number of hydrogen-bond donors (Lipinski definition) is 0. The summed E-state index contributed by atoms with van der Waals surface area (Å²) in [5.74, 6) is 0.451. The van der Waals surface area contributed by atoms with Gasteiger partial charge in [0.25, 0.3) is 11.5 Å². The molecular formula is C30H28ClN3O3S2. The monoisotopic (exact) mass is 577 g/mol. The van der Waals surface area contributed by atoms with E-state index in [2.05, 4.69) is 31.2 Å². The highest BCUT2D eigenvalue weighted by atomic mass is 35.5. The molecule has 0 spiro atoms. The third-order valence-corrected chi connectivity index (χ3v) is 8.77. The number of benzene rings is 2. The Hall–Kier alpha value is -3.33. The number of aromatic nitrogens is 1. The number of aryl methyl sites for hydroxylation is 1. The van der Waals surface area contributed by atoms with Gasteiger partial charge in [0.15, 0.2) is 9.89 Å². The van der Waals surface area contributed by atoms with Gasteiger partial charge in [-0.25, -0.2) is 4.99 Å². The first-order valence-corrected chi connectivity index (χ1v) is 14.7. The third kappa shape index (κ3) is 5.55. The molecule has 0 saturated carbocycles. The zero-order valence-electron chi connectivity index (χ0n) is 22.1. The van der Waals surface area contributed by atoms with E-state index in [9.17, 15) is 9.59 Å². The standard InChI is InChI=1S/C30H28ClN3O3S2/c1-5-33(6-2)29(36)26-19(4)32-30-34(27(26)20-9-11-21(31)12-10-20)28(35)24(39-30)17-22-13-16-25(37-22)38-23-14-7-18(3)8-15-23/h7-17,27H,5-6H2,1-4H3/b24-17-. The van der Waals surface area contributed by atoms with Gasteiger partial charge in [-0.2, -0.15) is 0 Å². The number of allylic oxidation sites excluding steroid dienone is 1. The average molecular weight is 578 g/mol. The fourth-order valence-electron chi connectivity index (χ4n) is 4.56. The summed E-state index contributed by atoms with van der Waals surface area (Å²) in [4.78, 5) is 35.6. The minimum Gasteiger partial charge on any atom is -0.450 e. The largest absolute Gasteiger partial charge is 0.450 e. The predicted octanol–water partition coefficient (Wildman–Crippen LogP) is 5.81. The molecule has 39 heavy (non-hydrogen) atoms. The SMILES string of the molecule is CCN(CC)C(=O)C1=C(C)N=c2s/c(=C\c3ccc(Sc4ccc(C)cc4)o3)c(=O)n2C1c1ccc(Cl)cc1. The Morgan fingerprint density at radius 2 is 1.77 bits per heavy atom. The van der Waals surface area contributed by atoms with Crippen molar-refractivity contribution in [1.29, 1.82) is 0 Å². The number of carbonyl (C=O) groups is 1. The Bertz CT molecular complexity index is 1730. The van der Waals surface area contributed by atoms with Crippen molar-refractivity contribution >= 4 is 46.7 Å². The van der Waals surface area contributed by atoms with Crippen LogP contribution < -0.4 is 14.9 Å². The van der Waals surface area contributed by atoms with E-state index in [1.165, 1.54) is 28.7 Å². The highest BCUT2D eigenvalue weighted by Crippen LogP contribution is 2.32. The number of halogens is 1. The molecule has 0 bridgehead atoms. The maximum absolute atomic E-state index is 13.8. The fraction of sp³-hybridized carbons (Fsp3) is 0.233. The summed E-state index contributed by atoms with van der Waals surface area (Å²) in [6.45, 7) is 8.89. The summed E-state index contributed by atoms with van der Waals surface area (Å²) in [5, 5.41) is 1.32. The van der Waals surface area contributed by atoms with Gasteiger partial charge in [-0.3, -0.25) is 14.2 Å². The Morgan fingerprint density at radius 3 is 2.44 bits per heavy atom. The number of carbonyl (C=O) groups excluding carboxylic acids is 1. The number of hydrogen-bond acceptors (Lipinski definition) is 6. The topological polar surface area (TPSA) is 67.8 Å². The summed E-state index contributed by atoms with van der Waals surface area (Å²) in [5.41, 5.74) is 2.87. The summed E-state index contributed by atoms with van der Waals surface area (Å²) < 4.78 is 8.13. The van der Waals surface area contributed by atoms with Crippen LogP contribution in [0.1, 0.15) is 43.7 Å². The van der Waals surface area contributed by atoms with Crippen molar-refractivity contribution < 1.29 is 9.21 Å². The van der Waals surface area contributed by atoms with Gasteiger partial charge in [-0.15, -0.1) is 0 Å². The number of nitrogens with zero attached hydrogens (tertiary/aromatic N) is 3. The molecule has 5 rings (SSSR count). The number of thiazole rings is 1. The van der Waals surface area contributed by atoms with Crippen molar-refractivity contribution in [3.8, 4) is 0 Å². The van der Waals surface area contributed by atoms with Crippen LogP contribution in [0.5, 0.6) is 0 Å². The van der Waals surface area contributed by atoms with Crippen LogP contribution in [0.3, 0.4) is 0 Å². The van der Waals surface area contributed by atoms with Crippen molar-refractivity contribution in [3.63, 3.8) is 0 Å². The number of rotatable bonds is 7. The molecule has 9 heteroatoms. The van der Waals surface area contributed by atoms with Crippen LogP contribution in [0.25, 0.3) is 6.08 Å². The molecule has 4 aromatic rings. The van der Waals surface area contributed by atoms with Gasteiger partial charge in [-0.05, 0) is 69.7 Å². The van der Waals surface area contributed by atoms with Crippen LogP contribution in [0.15, 0.2) is 96.1 Å². The molecule has 0 saturated heterocycles. The second kappa shape index (κ2) is 11.4. The molecule has 0 aliphatic carbocycles. The van der Waals surface area contributed by atoms with Crippen LogP contribution in [0.2, 0.25) is 5.02 Å². The van der Waals surface area contributed by atoms with Gasteiger partial charge in [0.05, 0.1) is 21.8 Å². The maximum Gasteiger partial charge on any atom is 0.271 e. The quantitative estimate of drug-likeness (QED) is 0.278. The van der Waals surface area contributed by atoms with Crippen molar-refractivity contribution in [2.75, 3.05) is 13.1 Å². The van der Waals surface area contributed by atoms with E-state index in [4.69, 9.17) is 21.0 Å². The third-order valence-electron chi connectivity index (χ3n) is 6.60. The van der Waals surface area contributed by atoms with Crippen molar-refractivity contribution in [1.82, 2.24) is 9.47 Å². The van der Waals surface area contributed by atoms with E-state index >= 15 is 0 Å². The van der Waals surface area contributed by atoms with Crippen molar-refractivity contribution in [2.45, 2.75) is 43.7 Å². The van der Waals surface area contributed by atoms with Crippen LogP contribution in [-0.4, -0.2) is 28.5 Å². The molecule has 200 valence electrons. The lowest BCUT2D eigenvalue weighted by molar-refractivity contribution is -0.127. The molecule has 1 unspecified atom stereocenters. The first kappa shape index (κ1) is 27.2.